The molecule has 11 rings (SSSR count). The van der Waals surface area contributed by atoms with Crippen molar-refractivity contribution < 1.29 is 6.85 Å². The number of para-hydroxylation sites is 3. The molecule has 0 fully saturated rings. The van der Waals surface area contributed by atoms with Crippen LogP contribution < -0.4 is 9.80 Å². The van der Waals surface area contributed by atoms with E-state index in [0.29, 0.717) is 11.4 Å². The first kappa shape index (κ1) is 26.6. The average molecular weight is 706 g/mol. The summed E-state index contributed by atoms with van der Waals surface area (Å²) in [7, 11) is 0. The van der Waals surface area contributed by atoms with Crippen LogP contribution in [0, 0.1) is 0 Å². The summed E-state index contributed by atoms with van der Waals surface area (Å²) in [6.07, 6.45) is 0. The van der Waals surface area contributed by atoms with Crippen molar-refractivity contribution in [2.75, 3.05) is 9.80 Å². The smallest absolute Gasteiger partial charge is 0.0726 e. The second-order valence-electron chi connectivity index (χ2n) is 14.1. The van der Waals surface area contributed by atoms with Crippen LogP contribution in [0.4, 0.5) is 34.1 Å². The van der Waals surface area contributed by atoms with Gasteiger partial charge in [0.05, 0.1) is 12.3 Å². The van der Waals surface area contributed by atoms with Crippen LogP contribution in [0.25, 0.3) is 33.0 Å². The first-order valence-corrected chi connectivity index (χ1v) is 18.6. The Labute approximate surface area is 328 Å². The normalized spacial score (nSPS) is 15.9. The van der Waals surface area contributed by atoms with Crippen LogP contribution in [0.5, 0.6) is 0 Å². The van der Waals surface area contributed by atoms with Gasteiger partial charge in [-0.3, -0.25) is 0 Å². The molecule has 0 aliphatic heterocycles. The van der Waals surface area contributed by atoms with Gasteiger partial charge in [0, 0.05) is 34.1 Å². The Morgan fingerprint density at radius 1 is 0.309 bits per heavy atom. The highest BCUT2D eigenvalue weighted by atomic mass is 15.1. The van der Waals surface area contributed by atoms with Gasteiger partial charge in [0.25, 0.3) is 0 Å². The average Bonchev–Trinajstić information content (AvgIpc) is 3.76. The summed E-state index contributed by atoms with van der Waals surface area (Å²) in [5.41, 5.74) is 13.1. The fraction of sp³-hybridized carbons (Fsp3) is 0.0189. The Kier molecular flexibility index (Phi) is 6.03. The second kappa shape index (κ2) is 12.5. The SMILES string of the molecule is [2H]c1c([2H])c([2H])c(N(c2ccccc2)c2ccc3c(c2)C2(c4ccccc4-c4cc(N(c5ccccc5)c5ccc6ccccc6c5)ccc42)c2ccccc2-3)c([2H])c1[2H]. The number of benzene rings is 9. The van der Waals surface area contributed by atoms with Crippen LogP contribution >= 0.6 is 0 Å². The standard InChI is InChI=1S/C53H36N2/c1-4-18-39(19-5-1)54(40-20-6-2-7-21-40)44-30-32-47-45-24-12-14-26-49(45)53(52(47)36-44)50-27-15-13-25-46(50)48-35-43(31-33-51(48)53)55(41-22-8-3-9-23-41)42-29-28-37-16-10-11-17-38(37)34-42/h1-36H/i1D,4D,5D,18D,19D. The van der Waals surface area contributed by atoms with Gasteiger partial charge in [-0.2, -0.15) is 0 Å². The predicted octanol–water partition coefficient (Wildman–Crippen LogP) is 14.1. The van der Waals surface area contributed by atoms with Crippen molar-refractivity contribution in [3.8, 4) is 22.3 Å². The minimum Gasteiger partial charge on any atom is -0.310 e. The summed E-state index contributed by atoms with van der Waals surface area (Å²) in [6, 6.07) is 63.9. The maximum atomic E-state index is 9.08. The van der Waals surface area contributed by atoms with E-state index in [0.717, 1.165) is 50.4 Å². The predicted molar refractivity (Wildman–Crippen MR) is 230 cm³/mol. The lowest BCUT2D eigenvalue weighted by molar-refractivity contribution is 0.793. The van der Waals surface area contributed by atoms with E-state index in [-0.39, 0.29) is 29.9 Å². The van der Waals surface area contributed by atoms with Crippen molar-refractivity contribution in [1.29, 1.82) is 0 Å². The molecule has 0 N–H and O–H groups in total. The fourth-order valence-corrected chi connectivity index (χ4v) is 9.08. The third kappa shape index (κ3) is 4.75. The Morgan fingerprint density at radius 3 is 1.51 bits per heavy atom. The van der Waals surface area contributed by atoms with E-state index < -0.39 is 11.5 Å². The molecule has 0 amide bonds. The number of rotatable bonds is 6. The van der Waals surface area contributed by atoms with E-state index in [1.165, 1.54) is 21.9 Å². The lowest BCUT2D eigenvalue weighted by Crippen LogP contribution is -2.26. The minimum absolute atomic E-state index is 0.100. The van der Waals surface area contributed by atoms with E-state index in [4.69, 9.17) is 6.85 Å². The highest BCUT2D eigenvalue weighted by molar-refractivity contribution is 5.98. The molecule has 1 atom stereocenters. The lowest BCUT2D eigenvalue weighted by atomic mass is 9.70. The molecule has 9 aromatic carbocycles. The summed E-state index contributed by atoms with van der Waals surface area (Å²) >= 11 is 0. The number of anilines is 6. The summed E-state index contributed by atoms with van der Waals surface area (Å²) < 4.78 is 43.7. The zero-order valence-electron chi connectivity index (χ0n) is 34.8. The van der Waals surface area contributed by atoms with Gasteiger partial charge in [0.15, 0.2) is 0 Å². The van der Waals surface area contributed by atoms with E-state index in [2.05, 4.69) is 150 Å². The van der Waals surface area contributed by atoms with Crippen LogP contribution in [-0.4, -0.2) is 0 Å². The molecule has 2 aliphatic rings. The molecule has 1 spiro atoms. The van der Waals surface area contributed by atoms with Gasteiger partial charge >= 0.3 is 0 Å². The summed E-state index contributed by atoms with van der Waals surface area (Å²) in [4.78, 5) is 4.14. The Morgan fingerprint density at radius 2 is 0.800 bits per heavy atom. The van der Waals surface area contributed by atoms with Crippen molar-refractivity contribution in [2.45, 2.75) is 5.41 Å². The molecule has 0 aromatic heterocycles. The first-order valence-electron chi connectivity index (χ1n) is 21.1. The molecule has 2 nitrogen and oxygen atoms in total. The molecule has 0 saturated carbocycles. The zero-order valence-corrected chi connectivity index (χ0v) is 29.8. The Hall–Kier alpha value is -7.16. The molecule has 55 heavy (non-hydrogen) atoms. The van der Waals surface area contributed by atoms with Gasteiger partial charge in [-0.15, -0.1) is 0 Å². The molecule has 258 valence electrons. The van der Waals surface area contributed by atoms with Gasteiger partial charge in [0.1, 0.15) is 0 Å². The van der Waals surface area contributed by atoms with E-state index in [1.807, 2.05) is 47.4 Å². The van der Waals surface area contributed by atoms with Gasteiger partial charge in [-0.25, -0.2) is 0 Å². The number of hydrogen-bond acceptors (Lipinski definition) is 2. The van der Waals surface area contributed by atoms with Crippen LogP contribution in [-0.2, 0) is 5.41 Å². The Balaban J connectivity index is 1.16. The lowest BCUT2D eigenvalue weighted by Gasteiger charge is -2.32. The molecule has 0 heterocycles. The first-order chi connectivity index (χ1) is 29.4. The summed E-state index contributed by atoms with van der Waals surface area (Å²) in [6.45, 7) is 0. The molecule has 0 bridgehead atoms. The van der Waals surface area contributed by atoms with E-state index in [1.54, 1.807) is 0 Å². The van der Waals surface area contributed by atoms with Crippen LogP contribution in [0.3, 0.4) is 0 Å². The molecule has 2 aliphatic carbocycles. The molecule has 1 unspecified atom stereocenters. The van der Waals surface area contributed by atoms with Crippen LogP contribution in [0.15, 0.2) is 218 Å². The maximum absolute atomic E-state index is 9.08. The highest BCUT2D eigenvalue weighted by Gasteiger charge is 2.52. The molecule has 2 heteroatoms. The van der Waals surface area contributed by atoms with E-state index >= 15 is 0 Å². The van der Waals surface area contributed by atoms with Crippen molar-refractivity contribution in [3.63, 3.8) is 0 Å². The molecular weight excluding hydrogens is 665 g/mol. The topological polar surface area (TPSA) is 6.48 Å². The quantitative estimate of drug-likeness (QED) is 0.170. The van der Waals surface area contributed by atoms with Crippen molar-refractivity contribution in [1.82, 2.24) is 0 Å². The second-order valence-corrected chi connectivity index (χ2v) is 14.1. The molecule has 0 saturated heterocycles. The van der Waals surface area contributed by atoms with Crippen LogP contribution in [0.2, 0.25) is 0 Å². The third-order valence-corrected chi connectivity index (χ3v) is 11.3. The Bertz CT molecular complexity index is 3160. The maximum Gasteiger partial charge on any atom is 0.0726 e. The van der Waals surface area contributed by atoms with Gasteiger partial charge in [0.2, 0.25) is 0 Å². The van der Waals surface area contributed by atoms with E-state index in [9.17, 15) is 0 Å². The molecular formula is C53H36N2. The molecule has 9 aromatic rings. The number of nitrogens with zero attached hydrogens (tertiary/aromatic N) is 2. The highest BCUT2D eigenvalue weighted by Crippen LogP contribution is 2.64. The monoisotopic (exact) mass is 705 g/mol. The van der Waals surface area contributed by atoms with Crippen molar-refractivity contribution in [2.24, 2.45) is 0 Å². The van der Waals surface area contributed by atoms with Crippen LogP contribution in [0.1, 0.15) is 29.1 Å². The third-order valence-electron chi connectivity index (χ3n) is 11.3. The largest absolute Gasteiger partial charge is 0.310 e. The minimum atomic E-state index is -0.699. The van der Waals surface area contributed by atoms with Crippen molar-refractivity contribution in [3.05, 3.63) is 241 Å². The summed E-state index contributed by atoms with van der Waals surface area (Å²) in [5, 5.41) is 2.36. The molecule has 0 radical (unpaired) electrons. The van der Waals surface area contributed by atoms with Gasteiger partial charge in [-0.05, 0) is 128 Å². The summed E-state index contributed by atoms with van der Waals surface area (Å²) in [5.74, 6) is 0. The number of fused-ring (bicyclic) bond motifs is 11. The zero-order chi connectivity index (χ0) is 40.7. The fourth-order valence-electron chi connectivity index (χ4n) is 9.08. The van der Waals surface area contributed by atoms with Gasteiger partial charge in [-0.1, -0.05) is 146 Å². The van der Waals surface area contributed by atoms with Gasteiger partial charge < -0.3 is 9.80 Å². The number of hydrogen-bond donors (Lipinski definition) is 0. The van der Waals surface area contributed by atoms with Crippen molar-refractivity contribution >= 4 is 44.9 Å².